The Morgan fingerprint density at radius 2 is 1.88 bits per heavy atom. The minimum Gasteiger partial charge on any atom is -0.493 e. The lowest BCUT2D eigenvalue weighted by atomic mass is 10.3. The summed E-state index contributed by atoms with van der Waals surface area (Å²) in [5.41, 5.74) is 0. The first-order valence-corrected chi connectivity index (χ1v) is 8.25. The van der Waals surface area contributed by atoms with Gasteiger partial charge in [-0.15, -0.1) is 11.3 Å². The molecule has 0 atom stereocenters. The number of esters is 1. The molecule has 0 saturated heterocycles. The molecule has 1 aromatic heterocycles. The number of aryl methyl sites for hydroxylation is 1. The number of hydrogen-bond donors (Lipinski definition) is 1. The van der Waals surface area contributed by atoms with Crippen molar-refractivity contribution in [3.05, 3.63) is 52.0 Å². The van der Waals surface area contributed by atoms with Gasteiger partial charge in [-0.2, -0.15) is 0 Å². The Morgan fingerprint density at radius 3 is 2.54 bits per heavy atom. The third-order valence-electron chi connectivity index (χ3n) is 2.99. The summed E-state index contributed by atoms with van der Waals surface area (Å²) in [7, 11) is 0. The molecule has 0 fully saturated rings. The normalized spacial score (nSPS) is 10.2. The van der Waals surface area contributed by atoms with Gasteiger partial charge in [0.2, 0.25) is 0 Å². The van der Waals surface area contributed by atoms with Gasteiger partial charge >= 0.3 is 5.97 Å². The molecule has 1 N–H and O–H groups in total. The number of ether oxygens (including phenoxy) is 2. The van der Waals surface area contributed by atoms with Crippen LogP contribution in [-0.4, -0.2) is 31.6 Å². The molecule has 0 aliphatic heterocycles. The Morgan fingerprint density at radius 1 is 1.12 bits per heavy atom. The average Bonchev–Trinajstić information content (AvgIpc) is 3.00. The highest BCUT2D eigenvalue weighted by Crippen LogP contribution is 2.14. The molecule has 0 aliphatic rings. The first-order chi connectivity index (χ1) is 11.5. The lowest BCUT2D eigenvalue weighted by Crippen LogP contribution is -2.30. The van der Waals surface area contributed by atoms with Crippen LogP contribution in [0.25, 0.3) is 0 Å². The molecule has 24 heavy (non-hydrogen) atoms. The van der Waals surface area contributed by atoms with Crippen molar-refractivity contribution in [3.8, 4) is 5.75 Å². The van der Waals surface area contributed by atoms with Crippen molar-refractivity contribution in [2.24, 2.45) is 0 Å². The minimum absolute atomic E-state index is 0.172. The topological polar surface area (TPSA) is 64.6 Å². The molecule has 128 valence electrons. The van der Waals surface area contributed by atoms with Gasteiger partial charge in [-0.1, -0.05) is 0 Å². The fourth-order valence-corrected chi connectivity index (χ4v) is 2.60. The molecule has 0 unspecified atom stereocenters. The molecule has 0 spiro atoms. The van der Waals surface area contributed by atoms with Crippen LogP contribution in [-0.2, 0) is 9.53 Å². The van der Waals surface area contributed by atoms with Crippen molar-refractivity contribution in [2.75, 3.05) is 19.8 Å². The van der Waals surface area contributed by atoms with Gasteiger partial charge in [0.25, 0.3) is 5.91 Å². The zero-order chi connectivity index (χ0) is 17.4. The number of amides is 1. The van der Waals surface area contributed by atoms with E-state index >= 15 is 0 Å². The van der Waals surface area contributed by atoms with Crippen molar-refractivity contribution in [2.45, 2.75) is 13.3 Å². The van der Waals surface area contributed by atoms with Gasteiger partial charge in [0.15, 0.2) is 0 Å². The summed E-state index contributed by atoms with van der Waals surface area (Å²) in [4.78, 5) is 24.9. The molecule has 0 saturated carbocycles. The fourth-order valence-electron chi connectivity index (χ4n) is 1.81. The largest absolute Gasteiger partial charge is 0.493 e. The van der Waals surface area contributed by atoms with E-state index in [1.165, 1.54) is 35.6 Å². The smallest absolute Gasteiger partial charge is 0.325 e. The zero-order valence-electron chi connectivity index (χ0n) is 13.2. The van der Waals surface area contributed by atoms with Crippen molar-refractivity contribution in [3.63, 3.8) is 0 Å². The van der Waals surface area contributed by atoms with Gasteiger partial charge in [0.1, 0.15) is 18.1 Å². The van der Waals surface area contributed by atoms with Crippen LogP contribution in [0.5, 0.6) is 5.75 Å². The third kappa shape index (κ3) is 6.00. The van der Waals surface area contributed by atoms with Crippen LogP contribution in [0.3, 0.4) is 0 Å². The summed E-state index contributed by atoms with van der Waals surface area (Å²) >= 11 is 1.37. The van der Waals surface area contributed by atoms with Crippen LogP contribution in [0, 0.1) is 12.7 Å². The molecule has 2 rings (SSSR count). The monoisotopic (exact) mass is 351 g/mol. The van der Waals surface area contributed by atoms with E-state index in [0.717, 1.165) is 4.88 Å². The highest BCUT2D eigenvalue weighted by Gasteiger charge is 2.10. The standard InChI is InChI=1S/C17H18FNO4S/c1-12-3-8-15(24-12)17(21)19-11-16(20)23-10-2-9-22-14-6-4-13(18)5-7-14/h3-8H,2,9-11H2,1H3,(H,19,21). The number of thiophene rings is 1. The van der Waals surface area contributed by atoms with Gasteiger partial charge < -0.3 is 14.8 Å². The third-order valence-corrected chi connectivity index (χ3v) is 3.99. The molecule has 0 radical (unpaired) electrons. The first kappa shape index (κ1) is 17.9. The molecule has 1 aromatic carbocycles. The van der Waals surface area contributed by atoms with Crippen LogP contribution < -0.4 is 10.1 Å². The lowest BCUT2D eigenvalue weighted by molar-refractivity contribution is -0.142. The van der Waals surface area contributed by atoms with Crippen LogP contribution in [0.15, 0.2) is 36.4 Å². The summed E-state index contributed by atoms with van der Waals surface area (Å²) in [6, 6.07) is 9.25. The number of nitrogens with one attached hydrogen (secondary N) is 1. The molecule has 7 heteroatoms. The van der Waals surface area contributed by atoms with E-state index in [9.17, 15) is 14.0 Å². The van der Waals surface area contributed by atoms with Crippen LogP contribution >= 0.6 is 11.3 Å². The highest BCUT2D eigenvalue weighted by atomic mass is 32.1. The SMILES string of the molecule is Cc1ccc(C(=O)NCC(=O)OCCCOc2ccc(F)cc2)s1. The Balaban J connectivity index is 1.56. The highest BCUT2D eigenvalue weighted by molar-refractivity contribution is 7.13. The van der Waals surface area contributed by atoms with E-state index in [1.807, 2.05) is 13.0 Å². The lowest BCUT2D eigenvalue weighted by Gasteiger charge is -2.07. The van der Waals surface area contributed by atoms with Gasteiger partial charge in [0, 0.05) is 11.3 Å². The van der Waals surface area contributed by atoms with Crippen LogP contribution in [0.1, 0.15) is 21.0 Å². The molecule has 5 nitrogen and oxygen atoms in total. The molecule has 1 amide bonds. The Bertz CT molecular complexity index is 684. The maximum atomic E-state index is 12.7. The molecule has 1 heterocycles. The van der Waals surface area contributed by atoms with Gasteiger partial charge in [-0.25, -0.2) is 4.39 Å². The molecular weight excluding hydrogens is 333 g/mol. The van der Waals surface area contributed by atoms with Crippen LogP contribution in [0.4, 0.5) is 4.39 Å². The van der Waals surface area contributed by atoms with Crippen molar-refractivity contribution in [1.82, 2.24) is 5.32 Å². The van der Waals surface area contributed by atoms with E-state index in [1.54, 1.807) is 6.07 Å². The summed E-state index contributed by atoms with van der Waals surface area (Å²) in [5, 5.41) is 2.51. The van der Waals surface area contributed by atoms with E-state index in [2.05, 4.69) is 5.32 Å². The quantitative estimate of drug-likeness (QED) is 0.587. The van der Waals surface area contributed by atoms with Gasteiger partial charge in [0.05, 0.1) is 18.1 Å². The number of rotatable bonds is 8. The minimum atomic E-state index is -0.501. The number of carbonyl (C=O) groups excluding carboxylic acids is 2. The number of benzene rings is 1. The van der Waals surface area contributed by atoms with Crippen LogP contribution in [0.2, 0.25) is 0 Å². The summed E-state index contributed by atoms with van der Waals surface area (Å²) in [5.74, 6) is -0.555. The summed E-state index contributed by atoms with van der Waals surface area (Å²) in [6.45, 7) is 2.27. The first-order valence-electron chi connectivity index (χ1n) is 7.43. The molecule has 0 aliphatic carbocycles. The predicted molar refractivity (Wildman–Crippen MR) is 88.9 cm³/mol. The summed E-state index contributed by atoms with van der Waals surface area (Å²) < 4.78 is 23.1. The van der Waals surface area contributed by atoms with Crippen molar-refractivity contribution >= 4 is 23.2 Å². The molecule has 2 aromatic rings. The van der Waals surface area contributed by atoms with E-state index < -0.39 is 5.97 Å². The maximum Gasteiger partial charge on any atom is 0.325 e. The Hall–Kier alpha value is -2.41. The van der Waals surface area contributed by atoms with Crippen molar-refractivity contribution in [1.29, 1.82) is 0 Å². The van der Waals surface area contributed by atoms with E-state index in [4.69, 9.17) is 9.47 Å². The Kier molecular flexibility index (Phi) is 6.74. The van der Waals surface area contributed by atoms with E-state index in [0.29, 0.717) is 23.7 Å². The number of halogens is 1. The predicted octanol–water partition coefficient (Wildman–Crippen LogP) is 2.94. The number of hydrogen-bond acceptors (Lipinski definition) is 5. The average molecular weight is 351 g/mol. The fraction of sp³-hybridized carbons (Fsp3) is 0.294. The van der Waals surface area contributed by atoms with Crippen molar-refractivity contribution < 1.29 is 23.5 Å². The second kappa shape index (κ2) is 9.02. The van der Waals surface area contributed by atoms with E-state index in [-0.39, 0.29) is 24.9 Å². The second-order valence-corrected chi connectivity index (χ2v) is 6.26. The summed E-state index contributed by atoms with van der Waals surface area (Å²) in [6.07, 6.45) is 0.501. The number of carbonyl (C=O) groups is 2. The maximum absolute atomic E-state index is 12.7. The van der Waals surface area contributed by atoms with Gasteiger partial charge in [-0.3, -0.25) is 9.59 Å². The second-order valence-electron chi connectivity index (χ2n) is 4.97. The molecule has 0 bridgehead atoms. The molecular formula is C17H18FNO4S. The van der Waals surface area contributed by atoms with Gasteiger partial charge in [-0.05, 0) is 43.3 Å². The Labute approximate surface area is 143 Å². The zero-order valence-corrected chi connectivity index (χ0v) is 14.0.